The molecule has 0 atom stereocenters. The van der Waals surface area contributed by atoms with E-state index in [0.717, 1.165) is 5.57 Å². The van der Waals surface area contributed by atoms with Gasteiger partial charge in [-0.2, -0.15) is 0 Å². The zero-order valence-electron chi connectivity index (χ0n) is 5.75. The van der Waals surface area contributed by atoms with Crippen LogP contribution in [0.3, 0.4) is 0 Å². The largest absolute Gasteiger partial charge is 0.512 e. The number of hydrogen-bond donors (Lipinski definition) is 1. The Kier molecular flexibility index (Phi) is 2.11. The molecule has 0 saturated carbocycles. The third kappa shape index (κ3) is 1.62. The minimum absolute atomic E-state index is 0.396. The molecular weight excluding hydrogens is 124 g/mol. The second kappa shape index (κ2) is 3.06. The molecule has 0 fully saturated rings. The van der Waals surface area contributed by atoms with Crippen molar-refractivity contribution in [1.29, 1.82) is 0 Å². The van der Waals surface area contributed by atoms with Crippen molar-refractivity contribution in [2.75, 3.05) is 0 Å². The van der Waals surface area contributed by atoms with Crippen LogP contribution in [0.15, 0.2) is 48.3 Å². The van der Waals surface area contributed by atoms with E-state index in [9.17, 15) is 0 Å². The fourth-order valence-electron chi connectivity index (χ4n) is 0.768. The summed E-state index contributed by atoms with van der Waals surface area (Å²) in [5.41, 5.74) is 1.03. The molecule has 0 aromatic heterocycles. The van der Waals surface area contributed by atoms with Gasteiger partial charge in [-0.15, -0.1) is 0 Å². The van der Waals surface area contributed by atoms with Crippen LogP contribution in [-0.2, 0) is 0 Å². The van der Waals surface area contributed by atoms with Gasteiger partial charge in [0.05, 0.1) is 5.76 Å². The molecule has 0 aliphatic heterocycles. The van der Waals surface area contributed by atoms with Crippen LogP contribution in [-0.4, -0.2) is 5.11 Å². The zero-order chi connectivity index (χ0) is 7.40. The molecule has 52 valence electrons. The van der Waals surface area contributed by atoms with Gasteiger partial charge in [0.15, 0.2) is 0 Å². The van der Waals surface area contributed by atoms with Crippen molar-refractivity contribution in [3.05, 3.63) is 48.3 Å². The molecule has 0 spiro atoms. The Bertz CT molecular complexity index is 219. The topological polar surface area (TPSA) is 20.2 Å². The van der Waals surface area contributed by atoms with Gasteiger partial charge in [0.2, 0.25) is 0 Å². The van der Waals surface area contributed by atoms with E-state index in [0.29, 0.717) is 12.2 Å². The number of aliphatic hydroxyl groups is 1. The maximum atomic E-state index is 9.03. The van der Waals surface area contributed by atoms with Gasteiger partial charge in [0.25, 0.3) is 0 Å². The summed E-state index contributed by atoms with van der Waals surface area (Å²) in [6.45, 7) is 3.62. The summed E-state index contributed by atoms with van der Waals surface area (Å²) in [6, 6.07) is 0. The fraction of sp³-hybridized carbons (Fsp3) is 0.111. The van der Waals surface area contributed by atoms with E-state index in [4.69, 9.17) is 5.11 Å². The second-order valence-corrected chi connectivity index (χ2v) is 2.14. The van der Waals surface area contributed by atoms with Gasteiger partial charge in [0.1, 0.15) is 0 Å². The summed E-state index contributed by atoms with van der Waals surface area (Å²) in [4.78, 5) is 0. The van der Waals surface area contributed by atoms with Crippen molar-refractivity contribution >= 4 is 0 Å². The van der Waals surface area contributed by atoms with Crippen LogP contribution in [0, 0.1) is 0 Å². The first kappa shape index (κ1) is 6.87. The Morgan fingerprint density at radius 3 is 3.00 bits per heavy atom. The van der Waals surface area contributed by atoms with Crippen LogP contribution in [0.25, 0.3) is 0 Å². The highest BCUT2D eigenvalue weighted by Crippen LogP contribution is 2.08. The molecule has 0 aromatic rings. The van der Waals surface area contributed by atoms with Gasteiger partial charge in [-0.05, 0) is 11.6 Å². The molecule has 1 aliphatic carbocycles. The molecular formula is C9H10O. The Hall–Kier alpha value is -1.24. The van der Waals surface area contributed by atoms with E-state index in [2.05, 4.69) is 6.58 Å². The Balaban J connectivity index is 2.85. The minimum Gasteiger partial charge on any atom is -0.512 e. The lowest BCUT2D eigenvalue weighted by Crippen LogP contribution is -1.72. The monoisotopic (exact) mass is 134 g/mol. The maximum Gasteiger partial charge on any atom is 0.0960 e. The lowest BCUT2D eigenvalue weighted by Gasteiger charge is -1.86. The number of hydrogen-bond acceptors (Lipinski definition) is 1. The average molecular weight is 134 g/mol. The van der Waals surface area contributed by atoms with E-state index >= 15 is 0 Å². The molecule has 0 bridgehead atoms. The van der Waals surface area contributed by atoms with E-state index < -0.39 is 0 Å². The van der Waals surface area contributed by atoms with E-state index in [1.807, 2.05) is 18.2 Å². The van der Waals surface area contributed by atoms with E-state index in [1.165, 1.54) is 0 Å². The number of allylic oxidation sites excluding steroid dienone is 6. The molecule has 1 rings (SSSR count). The van der Waals surface area contributed by atoms with Crippen LogP contribution in [0.5, 0.6) is 0 Å². The van der Waals surface area contributed by atoms with Gasteiger partial charge in [0, 0.05) is 6.42 Å². The molecule has 10 heavy (non-hydrogen) atoms. The highest BCUT2D eigenvalue weighted by atomic mass is 16.3. The maximum absolute atomic E-state index is 9.03. The average Bonchev–Trinajstić information content (AvgIpc) is 2.14. The summed E-state index contributed by atoms with van der Waals surface area (Å²) >= 11 is 0. The molecule has 0 heterocycles. The van der Waals surface area contributed by atoms with Crippen molar-refractivity contribution in [3.8, 4) is 0 Å². The van der Waals surface area contributed by atoms with Gasteiger partial charge in [-0.1, -0.05) is 30.9 Å². The second-order valence-electron chi connectivity index (χ2n) is 2.14. The van der Waals surface area contributed by atoms with Crippen LogP contribution in [0.2, 0.25) is 0 Å². The van der Waals surface area contributed by atoms with Crippen LogP contribution < -0.4 is 0 Å². The fourth-order valence-corrected chi connectivity index (χ4v) is 0.768. The third-order valence-electron chi connectivity index (χ3n) is 1.34. The van der Waals surface area contributed by atoms with Crippen LogP contribution >= 0.6 is 0 Å². The molecule has 1 N–H and O–H groups in total. The number of aliphatic hydroxyl groups excluding tert-OH is 1. The van der Waals surface area contributed by atoms with Crippen molar-refractivity contribution < 1.29 is 5.11 Å². The van der Waals surface area contributed by atoms with Crippen LogP contribution in [0.4, 0.5) is 0 Å². The first-order valence-electron chi connectivity index (χ1n) is 3.22. The van der Waals surface area contributed by atoms with Gasteiger partial charge in [-0.3, -0.25) is 0 Å². The van der Waals surface area contributed by atoms with Crippen molar-refractivity contribution in [2.45, 2.75) is 6.42 Å². The first-order chi connectivity index (χ1) is 4.83. The molecule has 1 nitrogen and oxygen atoms in total. The molecule has 0 unspecified atom stereocenters. The van der Waals surface area contributed by atoms with Gasteiger partial charge < -0.3 is 5.11 Å². The van der Waals surface area contributed by atoms with E-state index in [-0.39, 0.29) is 0 Å². The molecule has 0 aromatic carbocycles. The van der Waals surface area contributed by atoms with Crippen molar-refractivity contribution in [2.24, 2.45) is 0 Å². The highest BCUT2D eigenvalue weighted by molar-refractivity contribution is 5.35. The lowest BCUT2D eigenvalue weighted by atomic mass is 10.2. The lowest BCUT2D eigenvalue weighted by molar-refractivity contribution is 0.402. The smallest absolute Gasteiger partial charge is 0.0960 e. The molecule has 0 saturated heterocycles. The summed E-state index contributed by atoms with van der Waals surface area (Å²) in [7, 11) is 0. The zero-order valence-corrected chi connectivity index (χ0v) is 5.75. The normalized spacial score (nSPS) is 17.2. The molecule has 0 amide bonds. The molecule has 0 radical (unpaired) electrons. The quantitative estimate of drug-likeness (QED) is 0.584. The van der Waals surface area contributed by atoms with Crippen LogP contribution in [0.1, 0.15) is 6.42 Å². The number of rotatable bonds is 1. The van der Waals surface area contributed by atoms with Gasteiger partial charge >= 0.3 is 0 Å². The highest BCUT2D eigenvalue weighted by Gasteiger charge is 1.92. The van der Waals surface area contributed by atoms with Crippen molar-refractivity contribution in [3.63, 3.8) is 0 Å². The Labute approximate surface area is 60.7 Å². The summed E-state index contributed by atoms with van der Waals surface area (Å²) in [6.07, 6.45) is 9.75. The summed E-state index contributed by atoms with van der Waals surface area (Å²) in [5.74, 6) is 0.396. The molecule has 1 aliphatic rings. The third-order valence-corrected chi connectivity index (χ3v) is 1.34. The Morgan fingerprint density at radius 2 is 2.30 bits per heavy atom. The summed E-state index contributed by atoms with van der Waals surface area (Å²) < 4.78 is 0. The van der Waals surface area contributed by atoms with E-state index in [1.54, 1.807) is 12.2 Å². The SMILES string of the molecule is C=CC1=CC=C(O)CC=C1. The first-order valence-corrected chi connectivity index (χ1v) is 3.22. The minimum atomic E-state index is 0.396. The predicted molar refractivity (Wildman–Crippen MR) is 42.7 cm³/mol. The Morgan fingerprint density at radius 1 is 1.50 bits per heavy atom. The predicted octanol–water partition coefficient (Wildman–Crippen LogP) is 2.50. The van der Waals surface area contributed by atoms with Gasteiger partial charge in [-0.25, -0.2) is 0 Å². The molecule has 1 heteroatoms. The summed E-state index contributed by atoms with van der Waals surface area (Å²) in [5, 5.41) is 9.03. The van der Waals surface area contributed by atoms with Crippen molar-refractivity contribution in [1.82, 2.24) is 0 Å². The standard InChI is InChI=1S/C9H10O/c1-2-8-4-3-5-9(10)7-6-8/h2-4,6-7,10H,1,5H2.